The van der Waals surface area contributed by atoms with Gasteiger partial charge in [-0.1, -0.05) is 13.0 Å². The molecule has 2 rings (SSSR count). The van der Waals surface area contributed by atoms with Crippen molar-refractivity contribution in [2.24, 2.45) is 11.8 Å². The number of fused-ring (bicyclic) bond motifs is 1. The molecule has 3 atom stereocenters. The first-order valence-electron chi connectivity index (χ1n) is 6.17. The van der Waals surface area contributed by atoms with Gasteiger partial charge in [-0.25, -0.2) is 0 Å². The minimum absolute atomic E-state index is 0.181. The molecule has 0 radical (unpaired) electrons. The van der Waals surface area contributed by atoms with Crippen LogP contribution in [0.4, 0.5) is 0 Å². The monoisotopic (exact) mass is 236 g/mol. The number of rotatable bonds is 3. The summed E-state index contributed by atoms with van der Waals surface area (Å²) in [5, 5.41) is 9.11. The van der Waals surface area contributed by atoms with Crippen molar-refractivity contribution in [3.63, 3.8) is 0 Å². The quantitative estimate of drug-likeness (QED) is 0.819. The van der Waals surface area contributed by atoms with Gasteiger partial charge in [-0.3, -0.25) is 4.79 Å². The highest BCUT2D eigenvalue weighted by Gasteiger charge is 2.37. The van der Waals surface area contributed by atoms with E-state index in [9.17, 15) is 4.79 Å². The lowest BCUT2D eigenvalue weighted by atomic mass is 9.83. The van der Waals surface area contributed by atoms with Crippen LogP contribution in [0.5, 0.6) is 0 Å². The number of aliphatic carboxylic acids is 1. The molecule has 0 aliphatic heterocycles. The fourth-order valence-corrected chi connectivity index (χ4v) is 2.86. The van der Waals surface area contributed by atoms with E-state index in [2.05, 4.69) is 19.1 Å². The molecular formula is C14H20O3. The Morgan fingerprint density at radius 3 is 2.94 bits per heavy atom. The zero-order chi connectivity index (χ0) is 12.6. The fourth-order valence-electron chi connectivity index (χ4n) is 2.86. The largest absolute Gasteiger partial charge is 0.481 e. The van der Waals surface area contributed by atoms with Crippen LogP contribution in [0.15, 0.2) is 23.3 Å². The van der Waals surface area contributed by atoms with Crippen LogP contribution in [0.2, 0.25) is 0 Å². The number of hydrogen-bond acceptors (Lipinski definition) is 2. The third-order valence-corrected chi connectivity index (χ3v) is 4.16. The van der Waals surface area contributed by atoms with E-state index in [1.165, 1.54) is 11.1 Å². The zero-order valence-electron chi connectivity index (χ0n) is 10.7. The summed E-state index contributed by atoms with van der Waals surface area (Å²) in [7, 11) is 1.72. The van der Waals surface area contributed by atoms with E-state index in [4.69, 9.17) is 9.84 Å². The molecule has 0 spiro atoms. The third-order valence-electron chi connectivity index (χ3n) is 4.16. The standard InChI is InChI=1S/C14H20O3/c1-9(13(15)16)11-5-4-10-8-14(2,17-3)7-6-12(10)11/h6,8-9,11H,4-5,7H2,1-3H3,(H,15,16). The number of ether oxygens (including phenoxy) is 1. The summed E-state index contributed by atoms with van der Waals surface area (Å²) in [5.74, 6) is -0.809. The summed E-state index contributed by atoms with van der Waals surface area (Å²) in [6.45, 7) is 3.88. The molecule has 3 unspecified atom stereocenters. The second-order valence-corrected chi connectivity index (χ2v) is 5.32. The normalized spacial score (nSPS) is 33.7. The highest BCUT2D eigenvalue weighted by atomic mass is 16.5. The summed E-state index contributed by atoms with van der Waals surface area (Å²) in [4.78, 5) is 11.1. The summed E-state index contributed by atoms with van der Waals surface area (Å²) in [6.07, 6.45) is 7.12. The first kappa shape index (κ1) is 12.4. The van der Waals surface area contributed by atoms with Crippen LogP contribution in [0.25, 0.3) is 0 Å². The summed E-state index contributed by atoms with van der Waals surface area (Å²) < 4.78 is 5.49. The molecule has 2 aliphatic rings. The molecule has 0 bridgehead atoms. The minimum atomic E-state index is -0.697. The molecule has 1 N–H and O–H groups in total. The lowest BCUT2D eigenvalue weighted by molar-refractivity contribution is -0.142. The number of methoxy groups -OCH3 is 1. The van der Waals surface area contributed by atoms with Gasteiger partial charge < -0.3 is 9.84 Å². The maximum absolute atomic E-state index is 11.1. The Morgan fingerprint density at radius 2 is 2.35 bits per heavy atom. The Bertz CT molecular complexity index is 394. The molecular weight excluding hydrogens is 216 g/mol. The second-order valence-electron chi connectivity index (χ2n) is 5.32. The van der Waals surface area contributed by atoms with Crippen LogP contribution in [-0.2, 0) is 9.53 Å². The van der Waals surface area contributed by atoms with Crippen molar-refractivity contribution < 1.29 is 14.6 Å². The average Bonchev–Trinajstić information content (AvgIpc) is 2.70. The fraction of sp³-hybridized carbons (Fsp3) is 0.643. The molecule has 94 valence electrons. The van der Waals surface area contributed by atoms with Gasteiger partial charge in [0.05, 0.1) is 11.5 Å². The van der Waals surface area contributed by atoms with E-state index in [-0.39, 0.29) is 17.4 Å². The van der Waals surface area contributed by atoms with Gasteiger partial charge in [0.2, 0.25) is 0 Å². The predicted molar refractivity (Wildman–Crippen MR) is 65.7 cm³/mol. The smallest absolute Gasteiger partial charge is 0.306 e. The Labute approximate surface area is 102 Å². The van der Waals surface area contributed by atoms with Gasteiger partial charge in [0, 0.05) is 7.11 Å². The number of carboxylic acids is 1. The molecule has 17 heavy (non-hydrogen) atoms. The van der Waals surface area contributed by atoms with E-state index in [1.54, 1.807) is 14.0 Å². The number of carbonyl (C=O) groups is 1. The number of carboxylic acid groups (broad SMARTS) is 1. The topological polar surface area (TPSA) is 46.5 Å². The van der Waals surface area contributed by atoms with Crippen molar-refractivity contribution in [2.45, 2.75) is 38.7 Å². The first-order chi connectivity index (χ1) is 7.97. The number of allylic oxidation sites excluding steroid dienone is 2. The van der Waals surface area contributed by atoms with E-state index >= 15 is 0 Å². The first-order valence-corrected chi connectivity index (χ1v) is 6.17. The molecule has 0 saturated heterocycles. The summed E-state index contributed by atoms with van der Waals surface area (Å²) >= 11 is 0. The van der Waals surface area contributed by atoms with Crippen molar-refractivity contribution in [3.8, 4) is 0 Å². The van der Waals surface area contributed by atoms with Gasteiger partial charge in [0.25, 0.3) is 0 Å². The van der Waals surface area contributed by atoms with E-state index < -0.39 is 5.97 Å². The SMILES string of the molecule is COC1(C)C=C2CCC(C(C)C(=O)O)C2=CC1. The maximum Gasteiger partial charge on any atom is 0.306 e. The van der Waals surface area contributed by atoms with Crippen molar-refractivity contribution in [1.29, 1.82) is 0 Å². The van der Waals surface area contributed by atoms with Gasteiger partial charge in [-0.15, -0.1) is 0 Å². The molecule has 1 saturated carbocycles. The van der Waals surface area contributed by atoms with Crippen LogP contribution in [-0.4, -0.2) is 23.8 Å². The molecule has 2 aliphatic carbocycles. The van der Waals surface area contributed by atoms with Crippen LogP contribution < -0.4 is 0 Å². The summed E-state index contributed by atoms with van der Waals surface area (Å²) in [6, 6.07) is 0. The number of hydrogen-bond donors (Lipinski definition) is 1. The van der Waals surface area contributed by atoms with Crippen LogP contribution >= 0.6 is 0 Å². The highest BCUT2D eigenvalue weighted by Crippen LogP contribution is 2.45. The van der Waals surface area contributed by atoms with Crippen molar-refractivity contribution in [3.05, 3.63) is 23.3 Å². The Balaban J connectivity index is 2.22. The highest BCUT2D eigenvalue weighted by molar-refractivity contribution is 5.71. The zero-order valence-corrected chi connectivity index (χ0v) is 10.7. The lowest BCUT2D eigenvalue weighted by Crippen LogP contribution is -2.27. The van der Waals surface area contributed by atoms with Crippen LogP contribution in [0, 0.1) is 11.8 Å². The van der Waals surface area contributed by atoms with Gasteiger partial charge in [0.15, 0.2) is 0 Å². The maximum atomic E-state index is 11.1. The Kier molecular flexibility index (Phi) is 3.13. The summed E-state index contributed by atoms with van der Waals surface area (Å²) in [5.41, 5.74) is 2.33. The van der Waals surface area contributed by atoms with Crippen molar-refractivity contribution >= 4 is 5.97 Å². The molecule has 0 aromatic rings. The molecule has 0 amide bonds. The van der Waals surface area contributed by atoms with Crippen LogP contribution in [0.1, 0.15) is 33.1 Å². The Morgan fingerprint density at radius 1 is 1.65 bits per heavy atom. The molecule has 3 heteroatoms. The van der Waals surface area contributed by atoms with Crippen LogP contribution in [0.3, 0.4) is 0 Å². The molecule has 0 aromatic carbocycles. The molecule has 1 fully saturated rings. The van der Waals surface area contributed by atoms with E-state index in [0.29, 0.717) is 0 Å². The van der Waals surface area contributed by atoms with Crippen molar-refractivity contribution in [2.75, 3.05) is 7.11 Å². The average molecular weight is 236 g/mol. The van der Waals surface area contributed by atoms with Gasteiger partial charge in [-0.05, 0) is 49.3 Å². The van der Waals surface area contributed by atoms with Gasteiger partial charge >= 0.3 is 5.97 Å². The Hall–Kier alpha value is -1.09. The van der Waals surface area contributed by atoms with E-state index in [1.807, 2.05) is 0 Å². The lowest BCUT2D eigenvalue weighted by Gasteiger charge is -2.29. The molecule has 0 heterocycles. The molecule has 0 aromatic heterocycles. The predicted octanol–water partition coefficient (Wildman–Crippen LogP) is 2.78. The van der Waals surface area contributed by atoms with Gasteiger partial charge in [-0.2, -0.15) is 0 Å². The van der Waals surface area contributed by atoms with E-state index in [0.717, 1.165) is 19.3 Å². The second kappa shape index (κ2) is 4.30. The molecule has 3 nitrogen and oxygen atoms in total. The minimum Gasteiger partial charge on any atom is -0.481 e. The third kappa shape index (κ3) is 2.16. The van der Waals surface area contributed by atoms with Gasteiger partial charge in [0.1, 0.15) is 0 Å². The van der Waals surface area contributed by atoms with Crippen molar-refractivity contribution in [1.82, 2.24) is 0 Å².